The van der Waals surface area contributed by atoms with E-state index in [0.717, 1.165) is 22.3 Å². The van der Waals surface area contributed by atoms with Gasteiger partial charge in [0.1, 0.15) is 11.7 Å². The number of phosphoric acid groups is 1. The molecule has 1 N–H and O–H groups in total. The van der Waals surface area contributed by atoms with E-state index < -0.39 is 44.3 Å². The highest BCUT2D eigenvalue weighted by Gasteiger charge is 2.60. The summed E-state index contributed by atoms with van der Waals surface area (Å²) in [6.07, 6.45) is -3.76. The van der Waals surface area contributed by atoms with Gasteiger partial charge in [-0.15, -0.1) is 0 Å². The van der Waals surface area contributed by atoms with Crippen LogP contribution >= 0.6 is 7.82 Å². The number of esters is 1. The molecule has 2 unspecified atom stereocenters. The number of benzene rings is 4. The van der Waals surface area contributed by atoms with Crippen molar-refractivity contribution in [3.63, 3.8) is 0 Å². The zero-order chi connectivity index (χ0) is 31.5. The third-order valence-corrected chi connectivity index (χ3v) is 8.86. The van der Waals surface area contributed by atoms with Gasteiger partial charge in [0.2, 0.25) is 0 Å². The highest BCUT2D eigenvalue weighted by molar-refractivity contribution is 7.48. The Morgan fingerprint density at radius 2 is 1.13 bits per heavy atom. The van der Waals surface area contributed by atoms with Crippen LogP contribution in [0.5, 0.6) is 0 Å². The molecule has 236 valence electrons. The van der Waals surface area contributed by atoms with Crippen molar-refractivity contribution >= 4 is 13.8 Å². The van der Waals surface area contributed by atoms with Gasteiger partial charge in [0.25, 0.3) is 0 Å². The van der Waals surface area contributed by atoms with E-state index in [1.807, 2.05) is 121 Å². The van der Waals surface area contributed by atoms with Gasteiger partial charge in [-0.25, -0.2) is 9.36 Å². The molecule has 0 aromatic heterocycles. The smallest absolute Gasteiger partial charge is 0.454 e. The van der Waals surface area contributed by atoms with Crippen LogP contribution in [0.1, 0.15) is 29.2 Å². The SMILES string of the molecule is CC1(OCc2ccccc2)C(OCc2ccccc2)C(=O)O[C@@H]1[C@@H](CO)OP(=O)(OCc1ccccc1)OCc1ccccc1. The molecule has 45 heavy (non-hydrogen) atoms. The molecule has 0 amide bonds. The molecule has 9 nitrogen and oxygen atoms in total. The molecule has 1 heterocycles. The first-order chi connectivity index (χ1) is 21.9. The van der Waals surface area contributed by atoms with Crippen LogP contribution in [0.25, 0.3) is 0 Å². The Bertz CT molecular complexity index is 1470. The van der Waals surface area contributed by atoms with Gasteiger partial charge in [0, 0.05) is 0 Å². The number of hydrogen-bond acceptors (Lipinski definition) is 9. The quantitative estimate of drug-likeness (QED) is 0.111. The van der Waals surface area contributed by atoms with E-state index in [1.54, 1.807) is 6.92 Å². The fourth-order valence-corrected chi connectivity index (χ4v) is 6.31. The Balaban J connectivity index is 1.40. The van der Waals surface area contributed by atoms with Crippen LogP contribution in [0.2, 0.25) is 0 Å². The van der Waals surface area contributed by atoms with E-state index in [0.29, 0.717) is 0 Å². The van der Waals surface area contributed by atoms with Crippen LogP contribution < -0.4 is 0 Å². The van der Waals surface area contributed by atoms with Crippen molar-refractivity contribution in [1.29, 1.82) is 0 Å². The van der Waals surface area contributed by atoms with Crippen LogP contribution in [-0.4, -0.2) is 41.6 Å². The minimum absolute atomic E-state index is 0.0832. The van der Waals surface area contributed by atoms with Crippen molar-refractivity contribution in [2.75, 3.05) is 6.61 Å². The van der Waals surface area contributed by atoms with Gasteiger partial charge in [-0.3, -0.25) is 13.6 Å². The van der Waals surface area contributed by atoms with Crippen molar-refractivity contribution in [2.24, 2.45) is 0 Å². The molecule has 0 spiro atoms. The second-order valence-corrected chi connectivity index (χ2v) is 12.4. The summed E-state index contributed by atoms with van der Waals surface area (Å²) in [7, 11) is -4.36. The molecule has 0 saturated carbocycles. The Morgan fingerprint density at radius 3 is 1.58 bits per heavy atom. The summed E-state index contributed by atoms with van der Waals surface area (Å²) in [5, 5.41) is 10.6. The third-order valence-electron chi connectivity index (χ3n) is 7.44. The molecular weight excluding hydrogens is 595 g/mol. The van der Waals surface area contributed by atoms with E-state index >= 15 is 0 Å². The first-order valence-electron chi connectivity index (χ1n) is 14.7. The Kier molecular flexibility index (Phi) is 11.3. The molecule has 4 aromatic rings. The molecule has 5 rings (SSSR count). The Morgan fingerprint density at radius 1 is 0.711 bits per heavy atom. The van der Waals surface area contributed by atoms with Crippen LogP contribution in [0.15, 0.2) is 121 Å². The predicted octanol–water partition coefficient (Wildman–Crippen LogP) is 6.39. The average Bonchev–Trinajstić information content (AvgIpc) is 3.34. The maximum absolute atomic E-state index is 14.2. The molecule has 4 atom stereocenters. The maximum atomic E-state index is 14.2. The molecule has 1 aliphatic heterocycles. The second-order valence-electron chi connectivity index (χ2n) is 10.8. The summed E-state index contributed by atoms with van der Waals surface area (Å²) in [4.78, 5) is 13.3. The highest BCUT2D eigenvalue weighted by Crippen LogP contribution is 2.53. The zero-order valence-electron chi connectivity index (χ0n) is 25.0. The monoisotopic (exact) mass is 632 g/mol. The lowest BCUT2D eigenvalue weighted by molar-refractivity contribution is -0.167. The maximum Gasteiger partial charge on any atom is 0.475 e. The van der Waals surface area contributed by atoms with Crippen LogP contribution in [0, 0.1) is 0 Å². The molecule has 1 saturated heterocycles. The lowest BCUT2D eigenvalue weighted by Crippen LogP contribution is -2.54. The van der Waals surface area contributed by atoms with Crippen molar-refractivity contribution in [3.8, 4) is 0 Å². The summed E-state index contributed by atoms with van der Waals surface area (Å²) in [6, 6.07) is 37.1. The molecule has 1 fully saturated rings. The molecule has 4 aromatic carbocycles. The summed E-state index contributed by atoms with van der Waals surface area (Å²) in [5.41, 5.74) is 1.72. The fraction of sp³-hybridized carbons (Fsp3) is 0.286. The fourth-order valence-electron chi connectivity index (χ4n) is 4.99. The second kappa shape index (κ2) is 15.6. The number of phosphoric ester groups is 1. The van der Waals surface area contributed by atoms with E-state index in [1.165, 1.54) is 0 Å². The van der Waals surface area contributed by atoms with Crippen molar-refractivity contribution < 1.29 is 42.2 Å². The molecule has 0 aliphatic carbocycles. The van der Waals surface area contributed by atoms with E-state index in [9.17, 15) is 14.5 Å². The third kappa shape index (κ3) is 8.75. The van der Waals surface area contributed by atoms with Gasteiger partial charge in [-0.2, -0.15) is 0 Å². The Labute approximate surface area is 263 Å². The lowest BCUT2D eigenvalue weighted by atomic mass is 9.91. The standard InChI is InChI=1S/C35H37O9P/c1-35(40-24-28-16-8-3-9-17-28)32(43-34(37)33(35)39-23-27-14-6-2-7-15-27)31(22-36)44-45(38,41-25-29-18-10-4-11-19-29)42-26-30-20-12-5-13-21-30/h2-21,31-33,36H,22-26H2,1H3/t31-,32-,33?,35?/m1/s1. The number of ether oxygens (including phenoxy) is 3. The Hall–Kier alpha value is -3.66. The number of carbonyl (C=O) groups excluding carboxylic acids is 1. The van der Waals surface area contributed by atoms with Gasteiger partial charge < -0.3 is 19.3 Å². The molecule has 1 aliphatic rings. The number of hydrogen-bond donors (Lipinski definition) is 1. The number of rotatable bonds is 16. The number of carbonyl (C=O) groups is 1. The number of aliphatic hydroxyl groups is 1. The van der Waals surface area contributed by atoms with Crippen LogP contribution in [0.4, 0.5) is 0 Å². The highest BCUT2D eigenvalue weighted by atomic mass is 31.2. The number of aliphatic hydroxyl groups excluding tert-OH is 1. The van der Waals surface area contributed by atoms with E-state index in [2.05, 4.69) is 0 Å². The normalized spacial score (nSPS) is 20.5. The van der Waals surface area contributed by atoms with Crippen molar-refractivity contribution in [3.05, 3.63) is 144 Å². The average molecular weight is 633 g/mol. The largest absolute Gasteiger partial charge is 0.475 e. The van der Waals surface area contributed by atoms with Gasteiger partial charge in [0.05, 0.1) is 33.0 Å². The summed E-state index contributed by atoms with van der Waals surface area (Å²) >= 11 is 0. The number of cyclic esters (lactones) is 1. The van der Waals surface area contributed by atoms with Crippen molar-refractivity contribution in [1.82, 2.24) is 0 Å². The summed E-state index contributed by atoms with van der Waals surface area (Å²) < 4.78 is 49.9. The van der Waals surface area contributed by atoms with Gasteiger partial charge in [0.15, 0.2) is 12.2 Å². The minimum Gasteiger partial charge on any atom is -0.454 e. The molecule has 0 bridgehead atoms. The summed E-state index contributed by atoms with van der Waals surface area (Å²) in [5.74, 6) is -0.696. The van der Waals surface area contributed by atoms with E-state index in [4.69, 9.17) is 27.8 Å². The molecular formula is C35H37O9P. The predicted molar refractivity (Wildman–Crippen MR) is 167 cm³/mol. The minimum atomic E-state index is -4.36. The van der Waals surface area contributed by atoms with Gasteiger partial charge in [-0.1, -0.05) is 121 Å². The first kappa shape index (κ1) is 32.7. The summed E-state index contributed by atoms with van der Waals surface area (Å²) in [6.45, 7) is 1.04. The van der Waals surface area contributed by atoms with Crippen molar-refractivity contribution in [2.45, 2.75) is 57.3 Å². The van der Waals surface area contributed by atoms with Gasteiger partial charge >= 0.3 is 13.8 Å². The zero-order valence-corrected chi connectivity index (χ0v) is 25.9. The van der Waals surface area contributed by atoms with E-state index in [-0.39, 0.29) is 26.4 Å². The van der Waals surface area contributed by atoms with Gasteiger partial charge in [-0.05, 0) is 29.2 Å². The first-order valence-corrected chi connectivity index (χ1v) is 16.1. The molecule has 10 heteroatoms. The van der Waals surface area contributed by atoms with Crippen LogP contribution in [0.3, 0.4) is 0 Å². The topological polar surface area (TPSA) is 110 Å². The lowest BCUT2D eigenvalue weighted by Gasteiger charge is -2.36. The molecule has 0 radical (unpaired) electrons. The van der Waals surface area contributed by atoms with Crippen LogP contribution in [-0.2, 0) is 63.6 Å².